The van der Waals surface area contributed by atoms with Crippen LogP contribution < -0.4 is 9.47 Å². The van der Waals surface area contributed by atoms with Crippen LogP contribution in [0.3, 0.4) is 0 Å². The molecule has 0 aromatic carbocycles. The number of nitrogens with zero attached hydrogens (tertiary/aromatic N) is 3. The molecule has 118 valence electrons. The maximum atomic E-state index is 6.04. The Morgan fingerprint density at radius 3 is 2.86 bits per heavy atom. The molecule has 1 saturated heterocycles. The van der Waals surface area contributed by atoms with Gasteiger partial charge in [0.05, 0.1) is 7.11 Å². The van der Waals surface area contributed by atoms with Crippen LogP contribution in [-0.2, 0) is 6.54 Å². The van der Waals surface area contributed by atoms with Crippen LogP contribution in [0.5, 0.6) is 11.8 Å². The largest absolute Gasteiger partial charge is 0.480 e. The molecular weight excluding hydrogens is 298 g/mol. The van der Waals surface area contributed by atoms with E-state index in [1.165, 1.54) is 16.4 Å². The normalized spacial score (nSPS) is 16.6. The van der Waals surface area contributed by atoms with Gasteiger partial charge in [-0.05, 0) is 37.4 Å². The Hall–Kier alpha value is -1.66. The first kappa shape index (κ1) is 15.2. The number of aryl methyl sites for hydroxylation is 1. The van der Waals surface area contributed by atoms with Crippen molar-refractivity contribution in [1.29, 1.82) is 0 Å². The minimum Gasteiger partial charge on any atom is -0.480 e. The van der Waals surface area contributed by atoms with E-state index in [1.807, 2.05) is 25.1 Å². The van der Waals surface area contributed by atoms with E-state index < -0.39 is 0 Å². The minimum atomic E-state index is 0.265. The summed E-state index contributed by atoms with van der Waals surface area (Å²) in [5.41, 5.74) is 1.10. The van der Waals surface area contributed by atoms with Crippen LogP contribution in [0.1, 0.15) is 23.3 Å². The van der Waals surface area contributed by atoms with Gasteiger partial charge in [-0.25, -0.2) is 4.98 Å². The van der Waals surface area contributed by atoms with E-state index in [-0.39, 0.29) is 6.10 Å². The lowest BCUT2D eigenvalue weighted by molar-refractivity contribution is 0.0931. The Kier molecular flexibility index (Phi) is 4.90. The summed E-state index contributed by atoms with van der Waals surface area (Å²) in [4.78, 5) is 8.00. The van der Waals surface area contributed by atoms with Crippen molar-refractivity contribution in [2.75, 3.05) is 20.2 Å². The molecule has 0 saturated carbocycles. The Morgan fingerprint density at radius 1 is 1.36 bits per heavy atom. The molecule has 3 heterocycles. The van der Waals surface area contributed by atoms with E-state index in [2.05, 4.69) is 14.3 Å². The van der Waals surface area contributed by atoms with E-state index in [1.54, 1.807) is 13.3 Å². The Morgan fingerprint density at radius 2 is 2.18 bits per heavy atom. The molecule has 6 heteroatoms. The van der Waals surface area contributed by atoms with Crippen molar-refractivity contribution in [3.8, 4) is 11.8 Å². The van der Waals surface area contributed by atoms with Crippen molar-refractivity contribution in [3.63, 3.8) is 0 Å². The van der Waals surface area contributed by atoms with Crippen LogP contribution in [0, 0.1) is 6.92 Å². The topological polar surface area (TPSA) is 47.5 Å². The summed E-state index contributed by atoms with van der Waals surface area (Å²) in [7, 11) is 1.65. The quantitative estimate of drug-likeness (QED) is 0.848. The molecule has 1 aliphatic heterocycles. The molecule has 3 rings (SSSR count). The lowest BCUT2D eigenvalue weighted by Gasteiger charge is -2.31. The molecule has 0 spiro atoms. The van der Waals surface area contributed by atoms with Gasteiger partial charge in [-0.2, -0.15) is 4.37 Å². The molecule has 0 atom stereocenters. The number of rotatable bonds is 5. The summed E-state index contributed by atoms with van der Waals surface area (Å²) in [6, 6.07) is 5.99. The van der Waals surface area contributed by atoms with Gasteiger partial charge in [0.15, 0.2) is 0 Å². The highest BCUT2D eigenvalue weighted by atomic mass is 32.1. The van der Waals surface area contributed by atoms with Gasteiger partial charge >= 0.3 is 0 Å². The molecule has 0 aliphatic carbocycles. The standard InChI is InChI=1S/C16H21N3O2S/c1-12-4-3-7-17-16(12)21-13-5-8-19(9-6-13)11-14-10-15(20-2)18-22-14/h3-4,7,10,13H,5-6,8-9,11H2,1-2H3. The van der Waals surface area contributed by atoms with Gasteiger partial charge in [-0.3, -0.25) is 4.90 Å². The molecular formula is C16H21N3O2S. The van der Waals surface area contributed by atoms with Crippen LogP contribution in [0.25, 0.3) is 0 Å². The lowest BCUT2D eigenvalue weighted by Crippen LogP contribution is -2.37. The fourth-order valence-electron chi connectivity index (χ4n) is 2.62. The van der Waals surface area contributed by atoms with Gasteiger partial charge in [0.2, 0.25) is 11.8 Å². The average Bonchev–Trinajstić information content (AvgIpc) is 2.99. The molecule has 0 N–H and O–H groups in total. The molecule has 1 fully saturated rings. The number of hydrogen-bond donors (Lipinski definition) is 0. The molecule has 0 amide bonds. The van der Waals surface area contributed by atoms with Crippen molar-refractivity contribution in [2.45, 2.75) is 32.4 Å². The number of pyridine rings is 1. The third-order valence-electron chi connectivity index (χ3n) is 3.90. The van der Waals surface area contributed by atoms with E-state index in [9.17, 15) is 0 Å². The fourth-order valence-corrected chi connectivity index (χ4v) is 3.35. The zero-order valence-electron chi connectivity index (χ0n) is 13.0. The maximum Gasteiger partial charge on any atom is 0.225 e. The van der Waals surface area contributed by atoms with Gasteiger partial charge in [-0.15, -0.1) is 0 Å². The second-order valence-corrected chi connectivity index (χ2v) is 6.44. The van der Waals surface area contributed by atoms with E-state index >= 15 is 0 Å². The number of piperidine rings is 1. The fraction of sp³-hybridized carbons (Fsp3) is 0.500. The molecule has 22 heavy (non-hydrogen) atoms. The predicted molar refractivity (Wildman–Crippen MR) is 86.6 cm³/mol. The van der Waals surface area contributed by atoms with Gasteiger partial charge in [0.1, 0.15) is 6.10 Å². The first-order valence-electron chi connectivity index (χ1n) is 7.55. The zero-order chi connectivity index (χ0) is 15.4. The molecule has 2 aromatic rings. The van der Waals surface area contributed by atoms with Crippen molar-refractivity contribution in [3.05, 3.63) is 34.8 Å². The van der Waals surface area contributed by atoms with Gasteiger partial charge in [-0.1, -0.05) is 6.07 Å². The van der Waals surface area contributed by atoms with Crippen LogP contribution in [-0.4, -0.2) is 40.6 Å². The van der Waals surface area contributed by atoms with Crippen LogP contribution in [0.15, 0.2) is 24.4 Å². The third-order valence-corrected chi connectivity index (χ3v) is 4.65. The predicted octanol–water partition coefficient (Wildman–Crippen LogP) is 2.90. The molecule has 0 unspecified atom stereocenters. The smallest absolute Gasteiger partial charge is 0.225 e. The van der Waals surface area contributed by atoms with Crippen molar-refractivity contribution < 1.29 is 9.47 Å². The number of likely N-dealkylation sites (tertiary alicyclic amines) is 1. The molecule has 5 nitrogen and oxygen atoms in total. The highest BCUT2D eigenvalue weighted by molar-refractivity contribution is 7.05. The van der Waals surface area contributed by atoms with E-state index in [0.717, 1.165) is 43.9 Å². The summed E-state index contributed by atoms with van der Waals surface area (Å²) < 4.78 is 15.4. The van der Waals surface area contributed by atoms with Gasteiger partial charge in [0.25, 0.3) is 0 Å². The van der Waals surface area contributed by atoms with E-state index in [0.29, 0.717) is 5.88 Å². The average molecular weight is 319 g/mol. The summed E-state index contributed by atoms with van der Waals surface area (Å²) >= 11 is 1.52. The zero-order valence-corrected chi connectivity index (χ0v) is 13.8. The SMILES string of the molecule is COc1cc(CN2CCC(Oc3ncccc3C)CC2)sn1. The van der Waals surface area contributed by atoms with Gasteiger partial charge in [0, 0.05) is 42.3 Å². The third kappa shape index (κ3) is 3.75. The minimum absolute atomic E-state index is 0.265. The number of methoxy groups -OCH3 is 1. The Labute approximate surface area is 135 Å². The highest BCUT2D eigenvalue weighted by Crippen LogP contribution is 2.23. The summed E-state index contributed by atoms with van der Waals surface area (Å²) in [5, 5.41) is 0. The summed E-state index contributed by atoms with van der Waals surface area (Å²) in [5.74, 6) is 1.48. The molecule has 2 aromatic heterocycles. The highest BCUT2D eigenvalue weighted by Gasteiger charge is 2.22. The van der Waals surface area contributed by atoms with Crippen LogP contribution in [0.4, 0.5) is 0 Å². The Balaban J connectivity index is 1.49. The van der Waals surface area contributed by atoms with E-state index in [4.69, 9.17) is 9.47 Å². The second-order valence-electron chi connectivity index (χ2n) is 5.55. The van der Waals surface area contributed by atoms with Gasteiger partial charge < -0.3 is 9.47 Å². The molecule has 1 aliphatic rings. The lowest BCUT2D eigenvalue weighted by atomic mass is 10.1. The van der Waals surface area contributed by atoms with Crippen LogP contribution in [0.2, 0.25) is 0 Å². The van der Waals surface area contributed by atoms with Crippen LogP contribution >= 0.6 is 11.5 Å². The maximum absolute atomic E-state index is 6.04. The number of hydrogen-bond acceptors (Lipinski definition) is 6. The molecule has 0 bridgehead atoms. The number of ether oxygens (including phenoxy) is 2. The van der Waals surface area contributed by atoms with Crippen molar-refractivity contribution in [1.82, 2.24) is 14.3 Å². The Bertz CT molecular complexity index is 609. The van der Waals surface area contributed by atoms with Crippen molar-refractivity contribution in [2.24, 2.45) is 0 Å². The second kappa shape index (κ2) is 7.07. The molecule has 0 radical (unpaired) electrons. The first-order chi connectivity index (χ1) is 10.7. The number of aromatic nitrogens is 2. The summed E-state index contributed by atoms with van der Waals surface area (Å²) in [6.07, 6.45) is 4.12. The summed E-state index contributed by atoms with van der Waals surface area (Å²) in [6.45, 7) is 5.05. The van der Waals surface area contributed by atoms with Crippen molar-refractivity contribution >= 4 is 11.5 Å². The first-order valence-corrected chi connectivity index (χ1v) is 8.32. The monoisotopic (exact) mass is 319 g/mol.